The average Bonchev–Trinajstić information content (AvgIpc) is 2.90. The maximum atomic E-state index is 4.83. The lowest BCUT2D eigenvalue weighted by Gasteiger charge is -2.15. The molecule has 0 radical (unpaired) electrons. The highest BCUT2D eigenvalue weighted by molar-refractivity contribution is 5.92. The molecule has 1 aliphatic carbocycles. The van der Waals surface area contributed by atoms with E-state index in [-0.39, 0.29) is 0 Å². The SMILES string of the molecule is c1ccc2c(c1)CCc1c-2[nH]c2nc3ccccc3nc12. The number of hydrogen-bond donors (Lipinski definition) is 1. The van der Waals surface area contributed by atoms with Crippen LogP contribution in [0.2, 0.25) is 0 Å². The summed E-state index contributed by atoms with van der Waals surface area (Å²) in [5, 5.41) is 0. The second-order valence-electron chi connectivity index (χ2n) is 5.55. The molecule has 0 bridgehead atoms. The Morgan fingerprint density at radius 1 is 0.810 bits per heavy atom. The van der Waals surface area contributed by atoms with Crippen molar-refractivity contribution >= 4 is 22.2 Å². The van der Waals surface area contributed by atoms with Crippen LogP contribution in [0.25, 0.3) is 33.5 Å². The fourth-order valence-electron chi connectivity index (χ4n) is 3.33. The summed E-state index contributed by atoms with van der Waals surface area (Å²) in [7, 11) is 0. The van der Waals surface area contributed by atoms with Crippen LogP contribution in [-0.2, 0) is 12.8 Å². The summed E-state index contributed by atoms with van der Waals surface area (Å²) in [6, 6.07) is 16.6. The molecule has 4 aromatic rings. The van der Waals surface area contributed by atoms with Crippen LogP contribution >= 0.6 is 0 Å². The van der Waals surface area contributed by atoms with Crippen LogP contribution in [0.4, 0.5) is 0 Å². The molecule has 21 heavy (non-hydrogen) atoms. The Morgan fingerprint density at radius 3 is 2.48 bits per heavy atom. The molecular formula is C18H13N3. The number of nitrogens with one attached hydrogen (secondary N) is 1. The molecule has 3 nitrogen and oxygen atoms in total. The third kappa shape index (κ3) is 1.49. The van der Waals surface area contributed by atoms with E-state index < -0.39 is 0 Å². The molecule has 0 aliphatic heterocycles. The first-order valence-electron chi connectivity index (χ1n) is 7.26. The Balaban J connectivity index is 1.89. The van der Waals surface area contributed by atoms with Gasteiger partial charge < -0.3 is 4.98 Å². The number of nitrogens with zero attached hydrogens (tertiary/aromatic N) is 2. The Labute approximate surface area is 121 Å². The number of aromatic nitrogens is 3. The summed E-state index contributed by atoms with van der Waals surface area (Å²) in [4.78, 5) is 13.1. The maximum absolute atomic E-state index is 4.83. The minimum Gasteiger partial charge on any atom is -0.338 e. The first kappa shape index (κ1) is 11.0. The van der Waals surface area contributed by atoms with Crippen molar-refractivity contribution < 1.29 is 0 Å². The Hall–Kier alpha value is -2.68. The predicted molar refractivity (Wildman–Crippen MR) is 84.2 cm³/mol. The molecule has 100 valence electrons. The van der Waals surface area contributed by atoms with Crippen LogP contribution in [0.3, 0.4) is 0 Å². The van der Waals surface area contributed by atoms with Crippen molar-refractivity contribution in [1.29, 1.82) is 0 Å². The molecule has 0 saturated heterocycles. The molecule has 0 unspecified atom stereocenters. The number of benzene rings is 2. The number of H-pyrrole nitrogens is 1. The number of rotatable bonds is 0. The lowest BCUT2D eigenvalue weighted by Crippen LogP contribution is -2.02. The van der Waals surface area contributed by atoms with Crippen LogP contribution in [0, 0.1) is 0 Å². The second kappa shape index (κ2) is 3.92. The monoisotopic (exact) mass is 271 g/mol. The topological polar surface area (TPSA) is 41.6 Å². The molecule has 0 fully saturated rings. The van der Waals surface area contributed by atoms with E-state index in [9.17, 15) is 0 Å². The third-order valence-corrected chi connectivity index (χ3v) is 4.33. The maximum Gasteiger partial charge on any atom is 0.157 e. The first-order valence-corrected chi connectivity index (χ1v) is 7.26. The molecule has 2 aromatic heterocycles. The van der Waals surface area contributed by atoms with Crippen LogP contribution in [0.15, 0.2) is 48.5 Å². The number of aromatic amines is 1. The summed E-state index contributed by atoms with van der Waals surface area (Å²) in [6.45, 7) is 0. The molecule has 0 saturated carbocycles. The van der Waals surface area contributed by atoms with Crippen LogP contribution in [-0.4, -0.2) is 15.0 Å². The van der Waals surface area contributed by atoms with Crippen molar-refractivity contribution in [1.82, 2.24) is 15.0 Å². The zero-order valence-electron chi connectivity index (χ0n) is 11.4. The van der Waals surface area contributed by atoms with Gasteiger partial charge in [-0.15, -0.1) is 0 Å². The zero-order chi connectivity index (χ0) is 13.8. The Morgan fingerprint density at radius 2 is 1.57 bits per heavy atom. The van der Waals surface area contributed by atoms with E-state index in [1.54, 1.807) is 0 Å². The van der Waals surface area contributed by atoms with Crippen molar-refractivity contribution in [3.8, 4) is 11.3 Å². The number of para-hydroxylation sites is 2. The van der Waals surface area contributed by atoms with Crippen molar-refractivity contribution in [2.75, 3.05) is 0 Å². The molecule has 1 N–H and O–H groups in total. The van der Waals surface area contributed by atoms with Gasteiger partial charge in [-0.05, 0) is 30.5 Å². The lowest BCUT2D eigenvalue weighted by atomic mass is 9.90. The fourth-order valence-corrected chi connectivity index (χ4v) is 3.33. The van der Waals surface area contributed by atoms with Gasteiger partial charge in [-0.2, -0.15) is 0 Å². The fraction of sp³-hybridized carbons (Fsp3) is 0.111. The summed E-state index contributed by atoms with van der Waals surface area (Å²) in [6.07, 6.45) is 2.10. The number of fused-ring (bicyclic) bond motifs is 6. The Bertz CT molecular complexity index is 998. The van der Waals surface area contributed by atoms with E-state index in [0.717, 1.165) is 35.0 Å². The van der Waals surface area contributed by atoms with E-state index in [4.69, 9.17) is 9.97 Å². The van der Waals surface area contributed by atoms with E-state index in [1.807, 2.05) is 24.3 Å². The molecule has 1 aliphatic rings. The average molecular weight is 271 g/mol. The van der Waals surface area contributed by atoms with Gasteiger partial charge in [-0.1, -0.05) is 36.4 Å². The highest BCUT2D eigenvalue weighted by Crippen LogP contribution is 2.36. The summed E-state index contributed by atoms with van der Waals surface area (Å²) in [5.74, 6) is 0. The van der Waals surface area contributed by atoms with Gasteiger partial charge >= 0.3 is 0 Å². The van der Waals surface area contributed by atoms with Gasteiger partial charge in [0.15, 0.2) is 5.65 Å². The summed E-state index contributed by atoms with van der Waals surface area (Å²) < 4.78 is 0. The molecule has 0 atom stereocenters. The standard InChI is InChI=1S/C18H13N3/c1-2-6-12-11(5-1)9-10-13-16(12)21-18-17(13)19-14-7-3-4-8-15(14)20-18/h1-8H,9-10H2,(H,20,21). The number of aryl methyl sites for hydroxylation is 2. The van der Waals surface area contributed by atoms with Crippen molar-refractivity contribution in [2.45, 2.75) is 12.8 Å². The largest absolute Gasteiger partial charge is 0.338 e. The molecule has 0 spiro atoms. The van der Waals surface area contributed by atoms with Gasteiger partial charge in [0.2, 0.25) is 0 Å². The van der Waals surface area contributed by atoms with Gasteiger partial charge in [0.25, 0.3) is 0 Å². The smallest absolute Gasteiger partial charge is 0.157 e. The van der Waals surface area contributed by atoms with E-state index in [0.29, 0.717) is 0 Å². The minimum absolute atomic E-state index is 0.899. The van der Waals surface area contributed by atoms with Crippen molar-refractivity contribution in [3.63, 3.8) is 0 Å². The van der Waals surface area contributed by atoms with Gasteiger partial charge in [0.1, 0.15) is 5.52 Å². The third-order valence-electron chi connectivity index (χ3n) is 4.33. The molecule has 5 rings (SSSR count). The van der Waals surface area contributed by atoms with E-state index in [2.05, 4.69) is 29.2 Å². The summed E-state index contributed by atoms with van der Waals surface area (Å²) in [5.41, 5.74) is 9.03. The van der Waals surface area contributed by atoms with Crippen LogP contribution in [0.5, 0.6) is 0 Å². The van der Waals surface area contributed by atoms with Gasteiger partial charge in [-0.3, -0.25) is 0 Å². The van der Waals surface area contributed by atoms with Crippen LogP contribution < -0.4 is 0 Å². The van der Waals surface area contributed by atoms with Gasteiger partial charge in [0, 0.05) is 11.1 Å². The summed E-state index contributed by atoms with van der Waals surface area (Å²) >= 11 is 0. The van der Waals surface area contributed by atoms with Crippen molar-refractivity contribution in [2.24, 2.45) is 0 Å². The molecule has 0 amide bonds. The highest BCUT2D eigenvalue weighted by atomic mass is 14.9. The predicted octanol–water partition coefficient (Wildman–Crippen LogP) is 3.88. The molecular weight excluding hydrogens is 258 g/mol. The molecule has 2 heterocycles. The van der Waals surface area contributed by atoms with E-state index in [1.165, 1.54) is 22.4 Å². The van der Waals surface area contributed by atoms with Gasteiger partial charge in [-0.25, -0.2) is 9.97 Å². The normalized spacial score (nSPS) is 13.3. The van der Waals surface area contributed by atoms with E-state index >= 15 is 0 Å². The van der Waals surface area contributed by atoms with Crippen LogP contribution in [0.1, 0.15) is 11.1 Å². The zero-order valence-corrected chi connectivity index (χ0v) is 11.4. The minimum atomic E-state index is 0.899. The second-order valence-corrected chi connectivity index (χ2v) is 5.55. The first-order chi connectivity index (χ1) is 10.4. The molecule has 3 heteroatoms. The van der Waals surface area contributed by atoms with Gasteiger partial charge in [0.05, 0.1) is 16.7 Å². The lowest BCUT2D eigenvalue weighted by molar-refractivity contribution is 0.945. The Kier molecular flexibility index (Phi) is 2.06. The van der Waals surface area contributed by atoms with Crippen molar-refractivity contribution in [3.05, 3.63) is 59.7 Å². The number of hydrogen-bond acceptors (Lipinski definition) is 2. The highest BCUT2D eigenvalue weighted by Gasteiger charge is 2.21. The quantitative estimate of drug-likeness (QED) is 0.527. The molecule has 2 aromatic carbocycles.